The lowest BCUT2D eigenvalue weighted by molar-refractivity contribution is -0.137. The Hall–Kier alpha value is -1.80. The lowest BCUT2D eigenvalue weighted by Crippen LogP contribution is -2.25. The Morgan fingerprint density at radius 2 is 2.11 bits per heavy atom. The molecular formula is C10H14N2O5S. The summed E-state index contributed by atoms with van der Waals surface area (Å²) in [5.41, 5.74) is 0.249. The lowest BCUT2D eigenvalue weighted by atomic mass is 10.2. The van der Waals surface area contributed by atoms with Gasteiger partial charge in [-0.2, -0.15) is 0 Å². The number of benzene rings is 1. The number of nitrogens with one attached hydrogen (secondary N) is 1. The Balaban J connectivity index is 3.19. The van der Waals surface area contributed by atoms with Crippen molar-refractivity contribution in [3.8, 4) is 5.75 Å². The van der Waals surface area contributed by atoms with Gasteiger partial charge in [-0.25, -0.2) is 13.6 Å². The molecule has 100 valence electrons. The Morgan fingerprint density at radius 3 is 2.56 bits per heavy atom. The highest BCUT2D eigenvalue weighted by Crippen LogP contribution is 2.27. The summed E-state index contributed by atoms with van der Waals surface area (Å²) in [6.07, 6.45) is 0. The van der Waals surface area contributed by atoms with E-state index in [-0.39, 0.29) is 10.6 Å². The van der Waals surface area contributed by atoms with Crippen LogP contribution in [0.25, 0.3) is 0 Å². The van der Waals surface area contributed by atoms with Gasteiger partial charge >= 0.3 is 5.97 Å². The summed E-state index contributed by atoms with van der Waals surface area (Å²) in [5, 5.41) is 16.4. The molecule has 1 unspecified atom stereocenters. The molecular weight excluding hydrogens is 260 g/mol. The number of primary sulfonamides is 1. The molecule has 0 aliphatic rings. The number of sulfonamides is 1. The Labute approximate surface area is 105 Å². The highest BCUT2D eigenvalue weighted by Gasteiger charge is 2.16. The molecule has 0 spiro atoms. The van der Waals surface area contributed by atoms with E-state index in [2.05, 4.69) is 5.32 Å². The minimum Gasteiger partial charge on any atom is -0.495 e. The van der Waals surface area contributed by atoms with Crippen LogP contribution in [-0.4, -0.2) is 32.6 Å². The van der Waals surface area contributed by atoms with E-state index in [1.165, 1.54) is 32.2 Å². The summed E-state index contributed by atoms with van der Waals surface area (Å²) in [6.45, 7) is 1.42. The number of hydrogen-bond acceptors (Lipinski definition) is 5. The maximum atomic E-state index is 11.2. The lowest BCUT2D eigenvalue weighted by Gasteiger charge is -2.15. The van der Waals surface area contributed by atoms with E-state index in [1.807, 2.05) is 0 Å². The standard InChI is InChI=1S/C10H14N2O5S/c1-6(10(13)14)12-8-5-7(18(11,15)16)3-4-9(8)17-2/h3-6,12H,1-2H3,(H,13,14)(H2,11,15,16). The molecule has 0 aliphatic heterocycles. The van der Waals surface area contributed by atoms with Crippen LogP contribution in [0.5, 0.6) is 5.75 Å². The Kier molecular flexibility index (Phi) is 4.15. The van der Waals surface area contributed by atoms with E-state index in [9.17, 15) is 13.2 Å². The maximum Gasteiger partial charge on any atom is 0.325 e. The van der Waals surface area contributed by atoms with E-state index >= 15 is 0 Å². The molecule has 1 atom stereocenters. The van der Waals surface area contributed by atoms with Gasteiger partial charge in [0.05, 0.1) is 17.7 Å². The minimum atomic E-state index is -3.85. The third-order valence-corrected chi connectivity index (χ3v) is 3.15. The largest absolute Gasteiger partial charge is 0.495 e. The zero-order valence-electron chi connectivity index (χ0n) is 9.88. The van der Waals surface area contributed by atoms with Gasteiger partial charge < -0.3 is 15.2 Å². The number of nitrogens with two attached hydrogens (primary N) is 1. The average Bonchev–Trinajstić information content (AvgIpc) is 2.27. The number of ether oxygens (including phenoxy) is 1. The van der Waals surface area contributed by atoms with Crippen molar-refractivity contribution in [2.45, 2.75) is 17.9 Å². The fourth-order valence-corrected chi connectivity index (χ4v) is 1.81. The summed E-state index contributed by atoms with van der Waals surface area (Å²) >= 11 is 0. The number of hydrogen-bond donors (Lipinski definition) is 3. The second-order valence-electron chi connectivity index (χ2n) is 3.61. The van der Waals surface area contributed by atoms with Gasteiger partial charge in [-0.05, 0) is 25.1 Å². The smallest absolute Gasteiger partial charge is 0.325 e. The number of anilines is 1. The summed E-state index contributed by atoms with van der Waals surface area (Å²) < 4.78 is 27.4. The number of carbonyl (C=O) groups is 1. The monoisotopic (exact) mass is 274 g/mol. The van der Waals surface area contributed by atoms with E-state index < -0.39 is 22.0 Å². The normalized spacial score (nSPS) is 12.8. The summed E-state index contributed by atoms with van der Waals surface area (Å²) in [7, 11) is -2.46. The molecule has 0 heterocycles. The number of aliphatic carboxylic acids is 1. The van der Waals surface area contributed by atoms with E-state index in [0.717, 1.165) is 0 Å². The SMILES string of the molecule is COc1ccc(S(N)(=O)=O)cc1NC(C)C(=O)O. The van der Waals surface area contributed by atoms with Crippen LogP contribution >= 0.6 is 0 Å². The molecule has 0 bridgehead atoms. The summed E-state index contributed by atoms with van der Waals surface area (Å²) in [6, 6.07) is 3.02. The number of methoxy groups -OCH3 is 1. The predicted octanol–water partition coefficient (Wildman–Crippen LogP) is 0.228. The molecule has 1 rings (SSSR count). The quantitative estimate of drug-likeness (QED) is 0.707. The van der Waals surface area contributed by atoms with Crippen LogP contribution in [0.1, 0.15) is 6.92 Å². The molecule has 0 fully saturated rings. The van der Waals surface area contributed by atoms with Crippen LogP contribution in [0.4, 0.5) is 5.69 Å². The van der Waals surface area contributed by atoms with Gasteiger partial charge in [0.15, 0.2) is 0 Å². The predicted molar refractivity (Wildman–Crippen MR) is 65.1 cm³/mol. The van der Waals surface area contributed by atoms with Crippen molar-refractivity contribution in [3.63, 3.8) is 0 Å². The second-order valence-corrected chi connectivity index (χ2v) is 5.17. The number of carboxylic acid groups (broad SMARTS) is 1. The molecule has 18 heavy (non-hydrogen) atoms. The van der Waals surface area contributed by atoms with Crippen LogP contribution in [0.2, 0.25) is 0 Å². The van der Waals surface area contributed by atoms with Crippen LogP contribution in [-0.2, 0) is 14.8 Å². The first-order valence-corrected chi connectivity index (χ1v) is 6.50. The van der Waals surface area contributed by atoms with Crippen LogP contribution in [0.3, 0.4) is 0 Å². The Morgan fingerprint density at radius 1 is 1.50 bits per heavy atom. The summed E-state index contributed by atoms with van der Waals surface area (Å²) in [4.78, 5) is 10.6. The van der Waals surface area contributed by atoms with Gasteiger partial charge in [-0.3, -0.25) is 4.79 Å². The van der Waals surface area contributed by atoms with Crippen molar-refractivity contribution in [1.29, 1.82) is 0 Å². The van der Waals surface area contributed by atoms with Crippen molar-refractivity contribution in [2.24, 2.45) is 5.14 Å². The van der Waals surface area contributed by atoms with Gasteiger partial charge in [0, 0.05) is 0 Å². The molecule has 0 radical (unpaired) electrons. The van der Waals surface area contributed by atoms with Crippen LogP contribution < -0.4 is 15.2 Å². The molecule has 0 aliphatic carbocycles. The topological polar surface area (TPSA) is 119 Å². The van der Waals surface area contributed by atoms with Crippen molar-refractivity contribution in [2.75, 3.05) is 12.4 Å². The molecule has 0 amide bonds. The highest BCUT2D eigenvalue weighted by atomic mass is 32.2. The first kappa shape index (κ1) is 14.3. The summed E-state index contributed by atoms with van der Waals surface area (Å²) in [5.74, 6) is -0.742. The molecule has 8 heteroatoms. The van der Waals surface area contributed by atoms with Crippen molar-refractivity contribution in [1.82, 2.24) is 0 Å². The first-order chi connectivity index (χ1) is 8.25. The molecule has 0 saturated carbocycles. The van der Waals surface area contributed by atoms with Crippen LogP contribution in [0.15, 0.2) is 23.1 Å². The third-order valence-electron chi connectivity index (χ3n) is 2.24. The zero-order valence-corrected chi connectivity index (χ0v) is 10.7. The average molecular weight is 274 g/mol. The molecule has 0 saturated heterocycles. The fraction of sp³-hybridized carbons (Fsp3) is 0.300. The molecule has 1 aromatic carbocycles. The number of carboxylic acids is 1. The van der Waals surface area contributed by atoms with E-state index in [1.54, 1.807) is 0 Å². The van der Waals surface area contributed by atoms with E-state index in [4.69, 9.17) is 15.0 Å². The van der Waals surface area contributed by atoms with Crippen molar-refractivity contribution < 1.29 is 23.1 Å². The van der Waals surface area contributed by atoms with Gasteiger partial charge in [0.1, 0.15) is 11.8 Å². The van der Waals surface area contributed by atoms with Gasteiger partial charge in [0.2, 0.25) is 10.0 Å². The van der Waals surface area contributed by atoms with Crippen molar-refractivity contribution >= 4 is 21.7 Å². The van der Waals surface area contributed by atoms with Gasteiger partial charge in [-0.1, -0.05) is 0 Å². The van der Waals surface area contributed by atoms with Crippen LogP contribution in [0, 0.1) is 0 Å². The second kappa shape index (κ2) is 5.23. The van der Waals surface area contributed by atoms with Gasteiger partial charge in [0.25, 0.3) is 0 Å². The fourth-order valence-electron chi connectivity index (χ4n) is 1.27. The minimum absolute atomic E-state index is 0.122. The zero-order chi connectivity index (χ0) is 13.9. The molecule has 7 nitrogen and oxygen atoms in total. The number of rotatable bonds is 5. The molecule has 1 aromatic rings. The highest BCUT2D eigenvalue weighted by molar-refractivity contribution is 7.89. The molecule has 4 N–H and O–H groups in total. The maximum absolute atomic E-state index is 11.2. The molecule has 0 aromatic heterocycles. The van der Waals surface area contributed by atoms with Crippen molar-refractivity contribution in [3.05, 3.63) is 18.2 Å². The van der Waals surface area contributed by atoms with Gasteiger partial charge in [-0.15, -0.1) is 0 Å². The Bertz CT molecular complexity index is 555. The third kappa shape index (κ3) is 3.34. The van der Waals surface area contributed by atoms with E-state index in [0.29, 0.717) is 5.75 Å². The first-order valence-electron chi connectivity index (χ1n) is 4.96.